The Morgan fingerprint density at radius 2 is 1.69 bits per heavy atom. The lowest BCUT2D eigenvalue weighted by Crippen LogP contribution is -2.47. The van der Waals surface area contributed by atoms with Crippen LogP contribution < -0.4 is 14.2 Å². The van der Waals surface area contributed by atoms with Crippen molar-refractivity contribution in [1.29, 1.82) is 0 Å². The molecule has 2 aliphatic heterocycles. The number of carbonyl (C=O) groups excluding carboxylic acids is 1. The van der Waals surface area contributed by atoms with Crippen molar-refractivity contribution >= 4 is 5.91 Å². The van der Waals surface area contributed by atoms with E-state index in [1.165, 1.54) is 6.26 Å². The average Bonchev–Trinajstić information content (AvgIpc) is 3.55. The molecule has 9 heteroatoms. The van der Waals surface area contributed by atoms with Crippen molar-refractivity contribution in [1.82, 2.24) is 19.7 Å². The number of carbonyl (C=O) groups is 1. The van der Waals surface area contributed by atoms with Gasteiger partial charge in [-0.1, -0.05) is 18.2 Å². The normalized spacial score (nSPS) is 15.5. The van der Waals surface area contributed by atoms with Crippen molar-refractivity contribution in [2.24, 2.45) is 0 Å². The predicted molar refractivity (Wildman–Crippen MR) is 133 cm³/mol. The highest BCUT2D eigenvalue weighted by Crippen LogP contribution is 2.33. The zero-order chi connectivity index (χ0) is 24.9. The summed E-state index contributed by atoms with van der Waals surface area (Å²) in [6.07, 6.45) is 1.48. The number of piperazine rings is 1. The fourth-order valence-electron chi connectivity index (χ4n) is 4.43. The predicted octanol–water partition coefficient (Wildman–Crippen LogP) is 3.39. The number of hydrogen-bond acceptors (Lipinski definition) is 8. The molecule has 0 saturated carbocycles. The number of likely N-dealkylation sites (N-methyl/N-ethyl adjacent to an activating group) is 1. The summed E-state index contributed by atoms with van der Waals surface area (Å²) < 4.78 is 22.3. The van der Waals surface area contributed by atoms with Gasteiger partial charge in [-0.25, -0.2) is 4.98 Å². The summed E-state index contributed by atoms with van der Waals surface area (Å²) in [5.41, 5.74) is 2.59. The summed E-state index contributed by atoms with van der Waals surface area (Å²) in [5, 5.41) is 0. The van der Waals surface area contributed by atoms with Gasteiger partial charge in [0.05, 0.1) is 13.2 Å². The van der Waals surface area contributed by atoms with Crippen LogP contribution in [0, 0.1) is 0 Å². The second-order valence-corrected chi connectivity index (χ2v) is 9.13. The minimum atomic E-state index is -0.0769. The van der Waals surface area contributed by atoms with Crippen molar-refractivity contribution in [3.63, 3.8) is 0 Å². The van der Waals surface area contributed by atoms with Gasteiger partial charge >= 0.3 is 0 Å². The summed E-state index contributed by atoms with van der Waals surface area (Å²) in [6, 6.07) is 14.1. The van der Waals surface area contributed by atoms with Gasteiger partial charge in [-0.15, -0.1) is 0 Å². The van der Waals surface area contributed by atoms with E-state index in [1.807, 2.05) is 42.2 Å². The van der Waals surface area contributed by atoms with Gasteiger partial charge in [0.15, 0.2) is 17.2 Å². The highest BCUT2D eigenvalue weighted by atomic mass is 16.7. The van der Waals surface area contributed by atoms with Crippen molar-refractivity contribution < 1.29 is 23.4 Å². The molecule has 1 fully saturated rings. The molecule has 9 nitrogen and oxygen atoms in total. The van der Waals surface area contributed by atoms with Crippen LogP contribution in [0.4, 0.5) is 0 Å². The SMILES string of the molecule is CCOc1ccc(CN(Cc2ccc3c(c2)OCO3)Cc2nc(C(=O)N3CCN(C)CC3)co2)cc1. The Bertz CT molecular complexity index is 1170. The zero-order valence-corrected chi connectivity index (χ0v) is 20.8. The van der Waals surface area contributed by atoms with Crippen LogP contribution in [0.5, 0.6) is 17.2 Å². The van der Waals surface area contributed by atoms with Crippen molar-refractivity contribution in [2.45, 2.75) is 26.6 Å². The van der Waals surface area contributed by atoms with Crippen LogP contribution in [-0.4, -0.2) is 72.2 Å². The van der Waals surface area contributed by atoms with Gasteiger partial charge in [0, 0.05) is 39.3 Å². The molecule has 2 aromatic carbocycles. The van der Waals surface area contributed by atoms with Crippen molar-refractivity contribution in [3.8, 4) is 17.2 Å². The number of hydrogen-bond donors (Lipinski definition) is 0. The van der Waals surface area contributed by atoms with Gasteiger partial charge in [-0.2, -0.15) is 0 Å². The maximum Gasteiger partial charge on any atom is 0.275 e. The molecular weight excluding hydrogens is 460 g/mol. The molecule has 1 aromatic heterocycles. The molecule has 1 amide bonds. The number of nitrogens with zero attached hydrogens (tertiary/aromatic N) is 4. The third-order valence-electron chi connectivity index (χ3n) is 6.40. The number of oxazole rings is 1. The summed E-state index contributed by atoms with van der Waals surface area (Å²) in [5.74, 6) is 2.80. The van der Waals surface area contributed by atoms with Crippen LogP contribution >= 0.6 is 0 Å². The van der Waals surface area contributed by atoms with Crippen LogP contribution in [0.1, 0.15) is 34.4 Å². The molecule has 5 rings (SSSR count). The molecule has 2 aliphatic rings. The molecule has 190 valence electrons. The minimum absolute atomic E-state index is 0.0769. The second-order valence-electron chi connectivity index (χ2n) is 9.13. The van der Waals surface area contributed by atoms with Crippen molar-refractivity contribution in [3.05, 3.63) is 71.4 Å². The highest BCUT2D eigenvalue weighted by molar-refractivity contribution is 5.92. The maximum absolute atomic E-state index is 12.9. The third kappa shape index (κ3) is 5.80. The monoisotopic (exact) mass is 492 g/mol. The Balaban J connectivity index is 1.30. The van der Waals surface area contributed by atoms with E-state index in [4.69, 9.17) is 18.6 Å². The summed E-state index contributed by atoms with van der Waals surface area (Å²) in [4.78, 5) is 23.7. The van der Waals surface area contributed by atoms with Crippen LogP contribution in [-0.2, 0) is 19.6 Å². The van der Waals surface area contributed by atoms with E-state index in [1.54, 1.807) is 0 Å². The molecule has 36 heavy (non-hydrogen) atoms. The molecule has 3 heterocycles. The topological polar surface area (TPSA) is 80.5 Å². The molecule has 0 spiro atoms. The largest absolute Gasteiger partial charge is 0.494 e. The van der Waals surface area contributed by atoms with E-state index in [0.717, 1.165) is 41.5 Å². The standard InChI is InChI=1S/C27H32N4O5/c1-3-33-22-7-4-20(5-8-22)15-30(16-21-6-9-24-25(14-21)36-19-35-24)17-26-28-23(18-34-26)27(32)31-12-10-29(2)11-13-31/h4-9,14,18H,3,10-13,15-17,19H2,1-2H3. The Morgan fingerprint density at radius 1 is 0.972 bits per heavy atom. The van der Waals surface area contributed by atoms with Gasteiger partial charge in [0.25, 0.3) is 5.91 Å². The first kappa shape index (κ1) is 24.1. The Morgan fingerprint density at radius 3 is 2.47 bits per heavy atom. The maximum atomic E-state index is 12.9. The van der Waals surface area contributed by atoms with Gasteiger partial charge in [-0.05, 0) is 49.4 Å². The van der Waals surface area contributed by atoms with Gasteiger partial charge in [0.2, 0.25) is 12.7 Å². The second kappa shape index (κ2) is 11.0. The van der Waals surface area contributed by atoms with E-state index in [2.05, 4.69) is 34.0 Å². The summed E-state index contributed by atoms with van der Waals surface area (Å²) in [7, 11) is 2.06. The quantitative estimate of drug-likeness (QED) is 0.450. The fourth-order valence-corrected chi connectivity index (χ4v) is 4.43. The first-order valence-corrected chi connectivity index (χ1v) is 12.3. The molecular formula is C27H32N4O5. The third-order valence-corrected chi connectivity index (χ3v) is 6.40. The van der Waals surface area contributed by atoms with Crippen LogP contribution in [0.3, 0.4) is 0 Å². The number of aromatic nitrogens is 1. The lowest BCUT2D eigenvalue weighted by atomic mass is 10.1. The number of amides is 1. The molecule has 0 aliphatic carbocycles. The first-order valence-electron chi connectivity index (χ1n) is 12.3. The zero-order valence-electron chi connectivity index (χ0n) is 20.8. The Labute approximate surface area is 211 Å². The Hall–Kier alpha value is -3.56. The number of ether oxygens (including phenoxy) is 3. The summed E-state index contributed by atoms with van der Waals surface area (Å²) in [6.45, 7) is 7.75. The lowest BCUT2D eigenvalue weighted by molar-refractivity contribution is 0.0658. The summed E-state index contributed by atoms with van der Waals surface area (Å²) >= 11 is 0. The van der Waals surface area contributed by atoms with E-state index in [-0.39, 0.29) is 12.7 Å². The van der Waals surface area contributed by atoms with E-state index in [9.17, 15) is 4.79 Å². The van der Waals surface area contributed by atoms with Gasteiger partial charge in [-0.3, -0.25) is 9.69 Å². The average molecular weight is 493 g/mol. The van der Waals surface area contributed by atoms with Crippen LogP contribution in [0.25, 0.3) is 0 Å². The van der Waals surface area contributed by atoms with Crippen molar-refractivity contribution in [2.75, 3.05) is 46.6 Å². The fraction of sp³-hybridized carbons (Fsp3) is 0.407. The number of benzene rings is 2. The minimum Gasteiger partial charge on any atom is -0.494 e. The number of fused-ring (bicyclic) bond motifs is 1. The Kier molecular flexibility index (Phi) is 7.39. The molecule has 0 radical (unpaired) electrons. The van der Waals surface area contributed by atoms with Crippen LogP contribution in [0.15, 0.2) is 53.1 Å². The molecule has 1 saturated heterocycles. The molecule has 3 aromatic rings. The molecule has 0 unspecified atom stereocenters. The van der Waals surface area contributed by atoms with Crippen LogP contribution in [0.2, 0.25) is 0 Å². The van der Waals surface area contributed by atoms with E-state index in [0.29, 0.717) is 50.9 Å². The lowest BCUT2D eigenvalue weighted by Gasteiger charge is -2.31. The molecule has 0 atom stereocenters. The molecule has 0 N–H and O–H groups in total. The first-order chi connectivity index (χ1) is 17.6. The van der Waals surface area contributed by atoms with E-state index < -0.39 is 0 Å². The number of rotatable bonds is 9. The van der Waals surface area contributed by atoms with Gasteiger partial charge in [0.1, 0.15) is 12.0 Å². The van der Waals surface area contributed by atoms with E-state index >= 15 is 0 Å². The highest BCUT2D eigenvalue weighted by Gasteiger charge is 2.24. The van der Waals surface area contributed by atoms with Gasteiger partial charge < -0.3 is 28.4 Å². The molecule has 0 bridgehead atoms. The smallest absolute Gasteiger partial charge is 0.275 e.